The predicted octanol–water partition coefficient (Wildman–Crippen LogP) is 2.98. The number of benzene rings is 1. The Morgan fingerprint density at radius 2 is 1.95 bits per heavy atom. The fourth-order valence-corrected chi connectivity index (χ4v) is 7.48. The first-order valence-corrected chi connectivity index (χ1v) is 15.7. The summed E-state index contributed by atoms with van der Waals surface area (Å²) in [6, 6.07) is 10.2. The van der Waals surface area contributed by atoms with Crippen LogP contribution < -0.4 is 10.6 Å². The van der Waals surface area contributed by atoms with Crippen molar-refractivity contribution in [2.24, 2.45) is 5.92 Å². The summed E-state index contributed by atoms with van der Waals surface area (Å²) in [5, 5.41) is 15.6. The van der Waals surface area contributed by atoms with Crippen LogP contribution in [0.5, 0.6) is 0 Å². The Kier molecular flexibility index (Phi) is 9.02. The largest absolute Gasteiger partial charge is 0.480 e. The number of carbonyl (C=O) groups excluding carboxylic acids is 1. The Bertz CT molecular complexity index is 1300. The minimum Gasteiger partial charge on any atom is -0.480 e. The number of fused-ring (bicyclic) bond motifs is 1. The van der Waals surface area contributed by atoms with Gasteiger partial charge in [0.2, 0.25) is 15.9 Å². The summed E-state index contributed by atoms with van der Waals surface area (Å²) in [6.45, 7) is 1.41. The summed E-state index contributed by atoms with van der Waals surface area (Å²) in [5.41, 5.74) is 2.40. The maximum Gasteiger partial charge on any atom is 0.326 e. The van der Waals surface area contributed by atoms with Gasteiger partial charge in [-0.05, 0) is 81.0 Å². The van der Waals surface area contributed by atoms with E-state index in [4.69, 9.17) is 9.72 Å². The number of pyridine rings is 1. The number of aliphatic carboxylic acids is 1. The molecular weight excluding hydrogens is 532 g/mol. The van der Waals surface area contributed by atoms with Crippen molar-refractivity contribution in [2.45, 2.75) is 80.9 Å². The van der Waals surface area contributed by atoms with E-state index in [0.29, 0.717) is 18.8 Å². The number of carboxylic acids is 1. The summed E-state index contributed by atoms with van der Waals surface area (Å²) in [6.07, 6.45) is 7.16. The molecule has 0 bridgehead atoms. The Morgan fingerprint density at radius 3 is 2.73 bits per heavy atom. The number of carbonyl (C=O) groups is 2. The Balaban J connectivity index is 1.04. The van der Waals surface area contributed by atoms with E-state index in [9.17, 15) is 23.1 Å². The van der Waals surface area contributed by atoms with Crippen LogP contribution in [0.2, 0.25) is 0 Å². The van der Waals surface area contributed by atoms with Gasteiger partial charge in [0.05, 0.1) is 11.0 Å². The third-order valence-corrected chi connectivity index (χ3v) is 10.1. The van der Waals surface area contributed by atoms with Gasteiger partial charge in [-0.25, -0.2) is 18.2 Å². The molecule has 5 rings (SSSR count). The smallest absolute Gasteiger partial charge is 0.326 e. The number of carboxylic acid groups (broad SMARTS) is 1. The summed E-state index contributed by atoms with van der Waals surface area (Å²) >= 11 is 0. The number of nitrogens with zero attached hydrogens (tertiary/aromatic N) is 2. The number of sulfonamides is 1. The van der Waals surface area contributed by atoms with Crippen LogP contribution in [-0.4, -0.2) is 72.6 Å². The fourth-order valence-electron chi connectivity index (χ4n) is 5.80. The molecule has 1 aliphatic carbocycles. The molecule has 2 aliphatic heterocycles. The third kappa shape index (κ3) is 6.64. The second-order valence-electron chi connectivity index (χ2n) is 11.0. The molecule has 3 N–H and O–H groups in total. The monoisotopic (exact) mass is 570 g/mol. The van der Waals surface area contributed by atoms with E-state index in [1.54, 1.807) is 18.2 Å². The van der Waals surface area contributed by atoms with E-state index < -0.39 is 34.0 Å². The third-order valence-electron chi connectivity index (χ3n) is 8.18. The molecule has 2 atom stereocenters. The van der Waals surface area contributed by atoms with Crippen molar-refractivity contribution in [1.29, 1.82) is 0 Å². The second-order valence-corrected chi connectivity index (χ2v) is 12.9. The second kappa shape index (κ2) is 12.7. The van der Waals surface area contributed by atoms with Crippen LogP contribution in [-0.2, 0) is 37.2 Å². The molecule has 2 aromatic rings. The number of rotatable bonds is 12. The van der Waals surface area contributed by atoms with Crippen LogP contribution in [0.25, 0.3) is 0 Å². The number of ether oxygens (including phenoxy) is 1. The van der Waals surface area contributed by atoms with E-state index in [1.807, 2.05) is 0 Å². The molecule has 10 nitrogen and oxygen atoms in total. The molecule has 40 heavy (non-hydrogen) atoms. The molecule has 3 aliphatic rings. The average Bonchev–Trinajstić information content (AvgIpc) is 3.45. The summed E-state index contributed by atoms with van der Waals surface area (Å²) in [5.74, 6) is -0.159. The summed E-state index contributed by atoms with van der Waals surface area (Å²) < 4.78 is 33.2. The van der Waals surface area contributed by atoms with Gasteiger partial charge >= 0.3 is 5.97 Å². The number of amides is 1. The molecule has 1 amide bonds. The average molecular weight is 571 g/mol. The van der Waals surface area contributed by atoms with Gasteiger partial charge in [-0.15, -0.1) is 0 Å². The molecule has 1 saturated heterocycles. The Hall–Kier alpha value is -3.02. The highest BCUT2D eigenvalue weighted by Gasteiger charge is 2.40. The zero-order valence-electron chi connectivity index (χ0n) is 22.6. The topological polar surface area (TPSA) is 138 Å². The van der Waals surface area contributed by atoms with Gasteiger partial charge in [-0.1, -0.05) is 24.3 Å². The van der Waals surface area contributed by atoms with Crippen molar-refractivity contribution in [3.05, 3.63) is 53.7 Å². The molecule has 3 heterocycles. The maximum absolute atomic E-state index is 13.1. The highest BCUT2D eigenvalue weighted by molar-refractivity contribution is 7.89. The molecule has 0 spiro atoms. The number of aryl methyl sites for hydroxylation is 2. The minimum absolute atomic E-state index is 0.0923. The van der Waals surface area contributed by atoms with Crippen molar-refractivity contribution in [1.82, 2.24) is 14.6 Å². The Morgan fingerprint density at radius 1 is 1.15 bits per heavy atom. The number of hydrogen-bond acceptors (Lipinski definition) is 7. The summed E-state index contributed by atoms with van der Waals surface area (Å²) in [7, 11) is -3.85. The molecule has 2 fully saturated rings. The van der Waals surface area contributed by atoms with Gasteiger partial charge in [0, 0.05) is 31.8 Å². The zero-order chi connectivity index (χ0) is 28.1. The number of aromatic nitrogens is 1. The first kappa shape index (κ1) is 28.5. The van der Waals surface area contributed by atoms with Crippen molar-refractivity contribution < 1.29 is 27.9 Å². The zero-order valence-corrected chi connectivity index (χ0v) is 23.4. The fraction of sp³-hybridized carbons (Fsp3) is 0.552. The molecule has 1 unspecified atom stereocenters. The van der Waals surface area contributed by atoms with Gasteiger partial charge in [0.15, 0.2) is 0 Å². The molecular formula is C29H38N4O6S. The van der Waals surface area contributed by atoms with Gasteiger partial charge in [0.1, 0.15) is 17.9 Å². The van der Waals surface area contributed by atoms with Crippen molar-refractivity contribution >= 4 is 27.7 Å². The standard InChI is InChI=1S/C29H38N4O6S/c34-28(26-9-5-16-33(26)40(37,38)24-7-2-1-3-8-24)32-25(29(35)36)14-17-39-23-18-20(19-23)10-12-22-13-11-21-6-4-15-30-27(21)31-22/h1-3,7-8,11,13,20,23,25-26H,4-6,9-10,12,14-19H2,(H,30,31)(H,32,34)(H,35,36)/t20?,23?,25-,26?/m0/s1. The lowest BCUT2D eigenvalue weighted by Gasteiger charge is -2.35. The molecule has 0 radical (unpaired) electrons. The normalized spacial score (nSPS) is 23.4. The van der Waals surface area contributed by atoms with Crippen molar-refractivity contribution in [2.75, 3.05) is 25.0 Å². The predicted molar refractivity (Wildman–Crippen MR) is 149 cm³/mol. The van der Waals surface area contributed by atoms with E-state index >= 15 is 0 Å². The molecule has 1 aromatic carbocycles. The quantitative estimate of drug-likeness (QED) is 0.354. The van der Waals surface area contributed by atoms with Crippen molar-refractivity contribution in [3.8, 4) is 0 Å². The van der Waals surface area contributed by atoms with Crippen LogP contribution in [0.15, 0.2) is 47.4 Å². The number of anilines is 1. The molecule has 216 valence electrons. The lowest BCUT2D eigenvalue weighted by molar-refractivity contribution is -0.143. The highest BCUT2D eigenvalue weighted by atomic mass is 32.2. The van der Waals surface area contributed by atoms with Gasteiger partial charge in [0.25, 0.3) is 0 Å². The maximum atomic E-state index is 13.1. The van der Waals surface area contributed by atoms with Crippen LogP contribution in [0, 0.1) is 5.92 Å². The van der Waals surface area contributed by atoms with E-state index in [-0.39, 0.29) is 30.6 Å². The van der Waals surface area contributed by atoms with Crippen LogP contribution in [0.1, 0.15) is 56.2 Å². The highest BCUT2D eigenvalue weighted by Crippen LogP contribution is 2.34. The van der Waals surface area contributed by atoms with Gasteiger partial charge in [-0.3, -0.25) is 4.79 Å². The summed E-state index contributed by atoms with van der Waals surface area (Å²) in [4.78, 5) is 29.7. The van der Waals surface area contributed by atoms with Crippen molar-refractivity contribution in [3.63, 3.8) is 0 Å². The Labute approximate surface area is 235 Å². The lowest BCUT2D eigenvalue weighted by atomic mass is 9.79. The first-order valence-electron chi connectivity index (χ1n) is 14.3. The number of nitrogens with one attached hydrogen (secondary N) is 2. The van der Waals surface area contributed by atoms with Crippen LogP contribution in [0.3, 0.4) is 0 Å². The van der Waals surface area contributed by atoms with E-state index in [1.165, 1.54) is 22.0 Å². The molecule has 11 heteroatoms. The van der Waals surface area contributed by atoms with Gasteiger partial charge in [-0.2, -0.15) is 4.31 Å². The molecule has 1 aromatic heterocycles. The van der Waals surface area contributed by atoms with Gasteiger partial charge < -0.3 is 20.5 Å². The van der Waals surface area contributed by atoms with E-state index in [2.05, 4.69) is 22.8 Å². The van der Waals surface area contributed by atoms with E-state index in [0.717, 1.165) is 56.6 Å². The number of hydrogen-bond donors (Lipinski definition) is 3. The van der Waals surface area contributed by atoms with Crippen LogP contribution >= 0.6 is 0 Å². The van der Waals surface area contributed by atoms with Crippen LogP contribution in [0.4, 0.5) is 5.82 Å². The lowest BCUT2D eigenvalue weighted by Crippen LogP contribution is -2.51. The first-order chi connectivity index (χ1) is 19.3. The SMILES string of the molecule is O=C(N[C@@H](CCOC1CC(CCc2ccc3c(n2)NCCC3)C1)C(=O)O)C1CCCN1S(=O)(=O)c1ccccc1. The minimum atomic E-state index is -3.85. The molecule has 1 saturated carbocycles.